The normalized spacial score (nSPS) is 12.3. The predicted octanol–water partition coefficient (Wildman–Crippen LogP) is 4.64. The van der Waals surface area contributed by atoms with Crippen LogP contribution >= 0.6 is 0 Å². The topological polar surface area (TPSA) is 68.4 Å². The smallest absolute Gasteiger partial charge is 0.493 e. The van der Waals surface area contributed by atoms with Gasteiger partial charge in [-0.2, -0.15) is 5.10 Å². The Balaban J connectivity index is 1.67. The fourth-order valence-electron chi connectivity index (χ4n) is 3.26. The van der Waals surface area contributed by atoms with Crippen molar-refractivity contribution in [2.75, 3.05) is 19.5 Å². The zero-order chi connectivity index (χ0) is 19.9. The van der Waals surface area contributed by atoms with E-state index in [9.17, 15) is 13.2 Å². The molecule has 0 fully saturated rings. The van der Waals surface area contributed by atoms with Gasteiger partial charge in [-0.05, 0) is 29.8 Å². The van der Waals surface area contributed by atoms with Crippen LogP contribution in [-0.2, 0) is 6.42 Å². The molecule has 0 saturated heterocycles. The van der Waals surface area contributed by atoms with Gasteiger partial charge < -0.3 is 19.5 Å². The first-order valence-electron chi connectivity index (χ1n) is 8.34. The molecule has 1 heterocycles. The first kappa shape index (κ1) is 18.0. The minimum atomic E-state index is -4.78. The quantitative estimate of drug-likeness (QED) is 0.519. The molecule has 0 atom stereocenters. The van der Waals surface area contributed by atoms with E-state index in [1.807, 2.05) is 12.1 Å². The van der Waals surface area contributed by atoms with E-state index in [1.165, 1.54) is 18.2 Å². The minimum Gasteiger partial charge on any atom is -0.493 e. The third-order valence-electron chi connectivity index (χ3n) is 4.47. The highest BCUT2D eigenvalue weighted by Crippen LogP contribution is 2.44. The number of hydrogen-bond acceptors (Lipinski definition) is 5. The molecule has 1 aliphatic carbocycles. The molecule has 2 aromatic carbocycles. The van der Waals surface area contributed by atoms with Crippen LogP contribution in [0, 0.1) is 0 Å². The Morgan fingerprint density at radius 1 is 1.04 bits per heavy atom. The number of ether oxygens (including phenoxy) is 3. The highest BCUT2D eigenvalue weighted by molar-refractivity contribution is 5.82. The van der Waals surface area contributed by atoms with Gasteiger partial charge in [0.1, 0.15) is 5.82 Å². The molecular formula is C19H16F3N3O3. The first-order chi connectivity index (χ1) is 13.4. The number of benzene rings is 2. The number of anilines is 2. The lowest BCUT2D eigenvalue weighted by atomic mass is 10.1. The van der Waals surface area contributed by atoms with Crippen LogP contribution in [0.5, 0.6) is 17.2 Å². The van der Waals surface area contributed by atoms with E-state index in [2.05, 4.69) is 20.3 Å². The molecule has 0 unspecified atom stereocenters. The molecule has 146 valence electrons. The highest BCUT2D eigenvalue weighted by Gasteiger charge is 2.32. The van der Waals surface area contributed by atoms with Crippen molar-refractivity contribution >= 4 is 11.5 Å². The fourth-order valence-corrected chi connectivity index (χ4v) is 3.26. The molecule has 0 spiro atoms. The molecule has 28 heavy (non-hydrogen) atoms. The van der Waals surface area contributed by atoms with Gasteiger partial charge in [-0.3, -0.25) is 5.10 Å². The highest BCUT2D eigenvalue weighted by atomic mass is 19.4. The number of alkyl halides is 3. The summed E-state index contributed by atoms with van der Waals surface area (Å²) in [5.74, 6) is 1.36. The largest absolute Gasteiger partial charge is 0.573 e. The molecule has 0 saturated carbocycles. The average Bonchev–Trinajstić information content (AvgIpc) is 3.20. The summed E-state index contributed by atoms with van der Waals surface area (Å²) in [6, 6.07) is 9.55. The van der Waals surface area contributed by atoms with Crippen LogP contribution in [0.2, 0.25) is 0 Å². The lowest BCUT2D eigenvalue weighted by Gasteiger charge is -2.14. The van der Waals surface area contributed by atoms with Gasteiger partial charge in [0, 0.05) is 17.5 Å². The van der Waals surface area contributed by atoms with Gasteiger partial charge in [-0.1, -0.05) is 12.1 Å². The van der Waals surface area contributed by atoms with E-state index < -0.39 is 6.36 Å². The van der Waals surface area contributed by atoms with Crippen molar-refractivity contribution < 1.29 is 27.4 Å². The number of aromatic nitrogens is 2. The molecular weight excluding hydrogens is 375 g/mol. The van der Waals surface area contributed by atoms with E-state index in [1.54, 1.807) is 20.3 Å². The van der Waals surface area contributed by atoms with E-state index >= 15 is 0 Å². The Bertz CT molecular complexity index is 1030. The predicted molar refractivity (Wildman–Crippen MR) is 96.3 cm³/mol. The summed E-state index contributed by atoms with van der Waals surface area (Å²) in [7, 11) is 3.11. The molecule has 2 N–H and O–H groups in total. The summed E-state index contributed by atoms with van der Waals surface area (Å²) < 4.78 is 52.7. The lowest BCUT2D eigenvalue weighted by molar-refractivity contribution is -0.274. The van der Waals surface area contributed by atoms with E-state index in [-0.39, 0.29) is 11.4 Å². The molecule has 1 aromatic heterocycles. The molecule has 0 bridgehead atoms. The van der Waals surface area contributed by atoms with Crippen molar-refractivity contribution in [3.8, 4) is 28.5 Å². The fraction of sp³-hybridized carbons (Fsp3) is 0.211. The molecule has 9 heteroatoms. The van der Waals surface area contributed by atoms with Crippen molar-refractivity contribution in [1.29, 1.82) is 0 Å². The summed E-state index contributed by atoms with van der Waals surface area (Å²) >= 11 is 0. The summed E-state index contributed by atoms with van der Waals surface area (Å²) in [6.07, 6.45) is -4.23. The number of fused-ring (bicyclic) bond motifs is 3. The summed E-state index contributed by atoms with van der Waals surface area (Å²) in [5.41, 5.74) is 3.61. The Morgan fingerprint density at radius 2 is 1.75 bits per heavy atom. The van der Waals surface area contributed by atoms with Gasteiger partial charge >= 0.3 is 6.36 Å². The maximum atomic E-state index is 12.6. The van der Waals surface area contributed by atoms with Gasteiger partial charge in [0.25, 0.3) is 0 Å². The number of aromatic amines is 1. The second kappa shape index (κ2) is 6.66. The molecule has 3 aromatic rings. The minimum absolute atomic E-state index is 0.178. The summed E-state index contributed by atoms with van der Waals surface area (Å²) in [6.45, 7) is 0. The molecule has 0 radical (unpaired) electrons. The van der Waals surface area contributed by atoms with Crippen LogP contribution in [0.4, 0.5) is 24.7 Å². The maximum absolute atomic E-state index is 12.6. The van der Waals surface area contributed by atoms with Gasteiger partial charge in [-0.25, -0.2) is 0 Å². The molecule has 0 amide bonds. The van der Waals surface area contributed by atoms with Crippen molar-refractivity contribution in [2.24, 2.45) is 0 Å². The van der Waals surface area contributed by atoms with Crippen LogP contribution in [-0.4, -0.2) is 30.8 Å². The number of H-pyrrole nitrogens is 1. The molecule has 0 aliphatic heterocycles. The molecule has 4 rings (SSSR count). The van der Waals surface area contributed by atoms with Gasteiger partial charge in [-0.15, -0.1) is 13.2 Å². The van der Waals surface area contributed by atoms with E-state index in [0.717, 1.165) is 16.7 Å². The Kier molecular flexibility index (Phi) is 4.29. The zero-order valence-corrected chi connectivity index (χ0v) is 15.0. The van der Waals surface area contributed by atoms with Crippen molar-refractivity contribution in [3.05, 3.63) is 47.5 Å². The number of nitrogens with one attached hydrogen (secondary N) is 2. The van der Waals surface area contributed by atoms with Crippen LogP contribution in [0.3, 0.4) is 0 Å². The van der Waals surface area contributed by atoms with Crippen molar-refractivity contribution in [2.45, 2.75) is 12.8 Å². The van der Waals surface area contributed by atoms with Crippen LogP contribution in [0.25, 0.3) is 11.3 Å². The van der Waals surface area contributed by atoms with E-state index in [0.29, 0.717) is 29.4 Å². The van der Waals surface area contributed by atoms with Crippen LogP contribution < -0.4 is 19.5 Å². The number of halogens is 3. The molecule has 1 aliphatic rings. The van der Waals surface area contributed by atoms with Gasteiger partial charge in [0.2, 0.25) is 0 Å². The van der Waals surface area contributed by atoms with Crippen LogP contribution in [0.15, 0.2) is 36.4 Å². The lowest BCUT2D eigenvalue weighted by Crippen LogP contribution is -2.17. The number of nitrogens with zero attached hydrogens (tertiary/aromatic N) is 1. The second-order valence-electron chi connectivity index (χ2n) is 6.14. The van der Waals surface area contributed by atoms with Crippen molar-refractivity contribution in [3.63, 3.8) is 0 Å². The number of rotatable bonds is 5. The SMILES string of the molecule is COc1cc2c(cc1OC)-c1n[nH]c(Nc3ccccc3OC(F)(F)F)c1C2. The second-order valence-corrected chi connectivity index (χ2v) is 6.14. The Hall–Kier alpha value is -3.36. The summed E-state index contributed by atoms with van der Waals surface area (Å²) in [4.78, 5) is 0. The maximum Gasteiger partial charge on any atom is 0.573 e. The zero-order valence-electron chi connectivity index (χ0n) is 15.0. The Labute approximate surface area is 158 Å². The number of para-hydroxylation sites is 2. The Morgan fingerprint density at radius 3 is 2.46 bits per heavy atom. The third kappa shape index (κ3) is 3.19. The number of hydrogen-bond donors (Lipinski definition) is 2. The van der Waals surface area contributed by atoms with Crippen molar-refractivity contribution in [1.82, 2.24) is 10.2 Å². The monoisotopic (exact) mass is 391 g/mol. The van der Waals surface area contributed by atoms with Gasteiger partial charge in [0.15, 0.2) is 17.2 Å². The first-order valence-corrected chi connectivity index (χ1v) is 8.34. The standard InChI is InChI=1S/C19H16F3N3O3/c1-26-15-8-10-7-12-17(11(10)9-16(15)27-2)24-25-18(12)23-13-5-3-4-6-14(13)28-19(20,21)22/h3-6,8-9H,7H2,1-2H3,(H2,23,24,25). The van der Waals surface area contributed by atoms with Crippen LogP contribution in [0.1, 0.15) is 11.1 Å². The average molecular weight is 391 g/mol. The third-order valence-corrected chi connectivity index (χ3v) is 4.47. The summed E-state index contributed by atoms with van der Waals surface area (Å²) in [5, 5.41) is 10.1. The number of methoxy groups -OCH3 is 2. The van der Waals surface area contributed by atoms with Gasteiger partial charge in [0.05, 0.1) is 25.6 Å². The van der Waals surface area contributed by atoms with E-state index in [4.69, 9.17) is 9.47 Å². The molecule has 6 nitrogen and oxygen atoms in total.